The molecule has 0 aliphatic rings. The summed E-state index contributed by atoms with van der Waals surface area (Å²) < 4.78 is 40.0. The fraction of sp³-hybridized carbons (Fsp3) is 0.355. The van der Waals surface area contributed by atoms with Crippen LogP contribution in [0.5, 0.6) is 11.5 Å². The van der Waals surface area contributed by atoms with Crippen LogP contribution >= 0.6 is 0 Å². The molecule has 220 valence electrons. The Bertz CT molecular complexity index is 1400. The molecular formula is C31H39N3O6S. The van der Waals surface area contributed by atoms with Crippen LogP contribution < -0.4 is 19.1 Å². The number of amides is 2. The molecule has 3 aromatic carbocycles. The predicted octanol–water partition coefficient (Wildman–Crippen LogP) is 4.62. The van der Waals surface area contributed by atoms with E-state index >= 15 is 0 Å². The number of rotatable bonds is 14. The normalized spacial score (nSPS) is 12.6. The van der Waals surface area contributed by atoms with Crippen molar-refractivity contribution in [2.45, 2.75) is 57.1 Å². The quantitative estimate of drug-likeness (QED) is 0.298. The number of nitrogens with zero attached hydrogens (tertiary/aromatic N) is 2. The number of methoxy groups -OCH3 is 2. The van der Waals surface area contributed by atoms with Gasteiger partial charge in [0.2, 0.25) is 11.8 Å². The lowest BCUT2D eigenvalue weighted by Gasteiger charge is -2.34. The van der Waals surface area contributed by atoms with Gasteiger partial charge in [-0.3, -0.25) is 13.9 Å². The largest absolute Gasteiger partial charge is 0.497 e. The summed E-state index contributed by atoms with van der Waals surface area (Å²) in [4.78, 5) is 29.0. The Morgan fingerprint density at radius 3 is 2.07 bits per heavy atom. The summed E-state index contributed by atoms with van der Waals surface area (Å²) in [5, 5.41) is 2.97. The van der Waals surface area contributed by atoms with Crippen molar-refractivity contribution >= 4 is 27.5 Å². The SMILES string of the molecule is CC[C@H](C)NC(=O)[C@H](CC)N(Cc1ccccc1)C(=O)CN(c1cc(OC)ccc1OC)S(=O)(=O)c1ccccc1. The van der Waals surface area contributed by atoms with Crippen LogP contribution in [0, 0.1) is 0 Å². The van der Waals surface area contributed by atoms with E-state index in [0.29, 0.717) is 12.2 Å². The highest BCUT2D eigenvalue weighted by atomic mass is 32.2. The molecule has 41 heavy (non-hydrogen) atoms. The Labute approximate surface area is 243 Å². The van der Waals surface area contributed by atoms with Gasteiger partial charge in [-0.25, -0.2) is 8.42 Å². The van der Waals surface area contributed by atoms with Crippen LogP contribution in [0.15, 0.2) is 83.8 Å². The van der Waals surface area contributed by atoms with Gasteiger partial charge >= 0.3 is 0 Å². The zero-order chi connectivity index (χ0) is 30.0. The zero-order valence-electron chi connectivity index (χ0n) is 24.2. The van der Waals surface area contributed by atoms with Gasteiger partial charge in [0, 0.05) is 18.7 Å². The molecule has 0 radical (unpaired) electrons. The number of hydrogen-bond donors (Lipinski definition) is 1. The molecule has 0 aliphatic carbocycles. The maximum Gasteiger partial charge on any atom is 0.264 e. The summed E-state index contributed by atoms with van der Waals surface area (Å²) >= 11 is 0. The van der Waals surface area contributed by atoms with Crippen LogP contribution in [-0.2, 0) is 26.2 Å². The highest BCUT2D eigenvalue weighted by Gasteiger charge is 2.35. The number of benzene rings is 3. The van der Waals surface area contributed by atoms with Crippen molar-refractivity contribution in [1.82, 2.24) is 10.2 Å². The smallest absolute Gasteiger partial charge is 0.264 e. The van der Waals surface area contributed by atoms with E-state index in [-0.39, 0.29) is 34.8 Å². The number of sulfonamides is 1. The topological polar surface area (TPSA) is 105 Å². The molecule has 0 heterocycles. The molecule has 9 nitrogen and oxygen atoms in total. The van der Waals surface area contributed by atoms with Crippen LogP contribution in [0.1, 0.15) is 39.2 Å². The summed E-state index contributed by atoms with van der Waals surface area (Å²) in [6.07, 6.45) is 1.07. The van der Waals surface area contributed by atoms with Crippen LogP contribution in [0.2, 0.25) is 0 Å². The van der Waals surface area contributed by atoms with Crippen LogP contribution in [0.3, 0.4) is 0 Å². The fourth-order valence-corrected chi connectivity index (χ4v) is 5.80. The number of anilines is 1. The van der Waals surface area contributed by atoms with Crippen molar-refractivity contribution < 1.29 is 27.5 Å². The van der Waals surface area contributed by atoms with Crippen molar-refractivity contribution in [2.24, 2.45) is 0 Å². The van der Waals surface area contributed by atoms with Gasteiger partial charge in [-0.05, 0) is 49.6 Å². The summed E-state index contributed by atoms with van der Waals surface area (Å²) in [6.45, 7) is 5.25. The van der Waals surface area contributed by atoms with E-state index in [4.69, 9.17) is 9.47 Å². The van der Waals surface area contributed by atoms with Gasteiger partial charge in [-0.2, -0.15) is 0 Å². The van der Waals surface area contributed by atoms with Crippen molar-refractivity contribution in [3.8, 4) is 11.5 Å². The van der Waals surface area contributed by atoms with E-state index in [1.54, 1.807) is 30.3 Å². The molecule has 0 saturated carbocycles. The molecule has 3 aromatic rings. The second-order valence-electron chi connectivity index (χ2n) is 9.61. The van der Waals surface area contributed by atoms with Crippen molar-refractivity contribution in [3.63, 3.8) is 0 Å². The standard InChI is InChI=1S/C31H39N3O6S/c1-6-23(3)32-31(36)27(7-2)33(21-24-14-10-8-11-15-24)30(35)22-34(41(37,38)26-16-12-9-13-17-26)28-20-25(39-4)18-19-29(28)40-5/h8-20,23,27H,6-7,21-22H2,1-5H3,(H,32,36)/t23-,27-/m0/s1. The molecule has 0 spiro atoms. The second kappa shape index (κ2) is 14.5. The lowest BCUT2D eigenvalue weighted by molar-refractivity contribution is -0.140. The monoisotopic (exact) mass is 581 g/mol. The average molecular weight is 582 g/mol. The third-order valence-electron chi connectivity index (χ3n) is 6.85. The highest BCUT2D eigenvalue weighted by molar-refractivity contribution is 7.92. The summed E-state index contributed by atoms with van der Waals surface area (Å²) in [5.74, 6) is -0.191. The molecule has 0 bridgehead atoms. The maximum atomic E-state index is 14.2. The number of carbonyl (C=O) groups is 2. The zero-order valence-corrected chi connectivity index (χ0v) is 25.1. The average Bonchev–Trinajstić information content (AvgIpc) is 3.00. The van der Waals surface area contributed by atoms with Gasteiger partial charge in [0.1, 0.15) is 24.1 Å². The van der Waals surface area contributed by atoms with Crippen molar-refractivity contribution in [2.75, 3.05) is 25.1 Å². The van der Waals surface area contributed by atoms with Crippen LogP contribution in [-0.4, -0.2) is 58.0 Å². The molecule has 0 aromatic heterocycles. The molecule has 0 saturated heterocycles. The van der Waals surface area contributed by atoms with Gasteiger partial charge in [0.15, 0.2) is 0 Å². The van der Waals surface area contributed by atoms with Crippen LogP contribution in [0.4, 0.5) is 5.69 Å². The molecule has 1 N–H and O–H groups in total. The van der Waals surface area contributed by atoms with Crippen molar-refractivity contribution in [3.05, 3.63) is 84.4 Å². The van der Waals surface area contributed by atoms with Crippen LogP contribution in [0.25, 0.3) is 0 Å². The van der Waals surface area contributed by atoms with E-state index in [2.05, 4.69) is 5.32 Å². The maximum absolute atomic E-state index is 14.2. The Hall–Kier alpha value is -4.05. The Morgan fingerprint density at radius 2 is 1.51 bits per heavy atom. The summed E-state index contributed by atoms with van der Waals surface area (Å²) in [7, 11) is -1.35. The lowest BCUT2D eigenvalue weighted by Crippen LogP contribution is -2.53. The van der Waals surface area contributed by atoms with Gasteiger partial charge < -0.3 is 19.7 Å². The molecule has 0 aliphatic heterocycles. The molecule has 0 unspecified atom stereocenters. The lowest BCUT2D eigenvalue weighted by atomic mass is 10.1. The highest BCUT2D eigenvalue weighted by Crippen LogP contribution is 2.36. The minimum absolute atomic E-state index is 0.00818. The van der Waals surface area contributed by atoms with Gasteiger partial charge in [-0.15, -0.1) is 0 Å². The molecule has 2 atom stereocenters. The molecular weight excluding hydrogens is 542 g/mol. The minimum Gasteiger partial charge on any atom is -0.497 e. The van der Waals surface area contributed by atoms with E-state index in [1.807, 2.05) is 51.1 Å². The Morgan fingerprint density at radius 1 is 0.878 bits per heavy atom. The van der Waals surface area contributed by atoms with Gasteiger partial charge in [0.05, 0.1) is 24.8 Å². The predicted molar refractivity (Wildman–Crippen MR) is 159 cm³/mol. The summed E-state index contributed by atoms with van der Waals surface area (Å²) in [6, 6.07) is 21.0. The number of ether oxygens (including phenoxy) is 2. The first-order valence-electron chi connectivity index (χ1n) is 13.6. The first-order valence-corrected chi connectivity index (χ1v) is 15.0. The number of nitrogens with one attached hydrogen (secondary N) is 1. The molecule has 0 fully saturated rings. The fourth-order valence-electron chi connectivity index (χ4n) is 4.37. The van der Waals surface area contributed by atoms with E-state index < -0.39 is 28.5 Å². The third-order valence-corrected chi connectivity index (χ3v) is 8.62. The van der Waals surface area contributed by atoms with E-state index in [1.165, 1.54) is 37.3 Å². The molecule has 10 heteroatoms. The minimum atomic E-state index is -4.24. The Balaban J connectivity index is 2.12. The number of carbonyl (C=O) groups excluding carboxylic acids is 2. The first-order chi connectivity index (χ1) is 19.7. The van der Waals surface area contributed by atoms with Gasteiger partial charge in [0.25, 0.3) is 10.0 Å². The molecule has 3 rings (SSSR count). The second-order valence-corrected chi connectivity index (χ2v) is 11.5. The van der Waals surface area contributed by atoms with E-state index in [0.717, 1.165) is 16.3 Å². The number of hydrogen-bond acceptors (Lipinski definition) is 6. The Kier molecular flexibility index (Phi) is 11.2. The van der Waals surface area contributed by atoms with Crippen molar-refractivity contribution in [1.29, 1.82) is 0 Å². The first kappa shape index (κ1) is 31.5. The van der Waals surface area contributed by atoms with Gasteiger partial charge in [-0.1, -0.05) is 62.4 Å². The molecule has 2 amide bonds. The summed E-state index contributed by atoms with van der Waals surface area (Å²) in [5.41, 5.74) is 0.952. The third kappa shape index (κ3) is 7.79. The van der Waals surface area contributed by atoms with E-state index in [9.17, 15) is 18.0 Å².